The molecule has 0 saturated heterocycles. The van der Waals surface area contributed by atoms with E-state index in [1.165, 1.54) is 0 Å². The lowest BCUT2D eigenvalue weighted by Crippen LogP contribution is -2.28. The number of carbonyl (C=O) groups excluding carboxylic acids is 1. The molecule has 1 N–H and O–H groups in total. The van der Waals surface area contributed by atoms with Crippen molar-refractivity contribution in [3.63, 3.8) is 0 Å². The van der Waals surface area contributed by atoms with Gasteiger partial charge in [-0.2, -0.15) is 0 Å². The molecule has 0 aromatic heterocycles. The van der Waals surface area contributed by atoms with Crippen LogP contribution in [-0.4, -0.2) is 24.3 Å². The molecular formula is C13H24O3. The molecule has 0 aliphatic carbocycles. The number of hydrogen-bond donors (Lipinski definition) is 1. The van der Waals surface area contributed by atoms with Crippen LogP contribution in [0.1, 0.15) is 40.5 Å². The number of carbonyl (C=O) groups is 1. The van der Waals surface area contributed by atoms with E-state index in [1.54, 1.807) is 0 Å². The first kappa shape index (κ1) is 15.2. The van der Waals surface area contributed by atoms with Gasteiger partial charge in [0.25, 0.3) is 0 Å². The highest BCUT2D eigenvalue weighted by Crippen LogP contribution is 2.29. The van der Waals surface area contributed by atoms with Gasteiger partial charge in [0.1, 0.15) is 0 Å². The second-order valence-electron chi connectivity index (χ2n) is 4.64. The molecule has 0 spiro atoms. The average molecular weight is 228 g/mol. The lowest BCUT2D eigenvalue weighted by molar-refractivity contribution is -0.151. The Kier molecular flexibility index (Phi) is 7.06. The van der Waals surface area contributed by atoms with E-state index in [9.17, 15) is 4.79 Å². The molecule has 0 amide bonds. The molecule has 0 aromatic carbocycles. The van der Waals surface area contributed by atoms with Crippen LogP contribution in [0.2, 0.25) is 0 Å². The number of esters is 1. The van der Waals surface area contributed by atoms with E-state index in [-0.39, 0.29) is 23.9 Å². The minimum absolute atomic E-state index is 0.150. The summed E-state index contributed by atoms with van der Waals surface area (Å²) < 4.78 is 5.15. The Morgan fingerprint density at radius 1 is 1.44 bits per heavy atom. The maximum absolute atomic E-state index is 11.7. The smallest absolute Gasteiger partial charge is 0.309 e. The Hall–Kier alpha value is -0.830. The normalized spacial score (nSPS) is 14.1. The van der Waals surface area contributed by atoms with Crippen molar-refractivity contribution < 1.29 is 14.6 Å². The van der Waals surface area contributed by atoms with Crippen molar-refractivity contribution in [1.29, 1.82) is 0 Å². The number of hydrogen-bond acceptors (Lipinski definition) is 3. The number of aliphatic hydroxyl groups is 1. The summed E-state index contributed by atoms with van der Waals surface area (Å²) in [6.45, 7) is 8.42. The summed E-state index contributed by atoms with van der Waals surface area (Å²) in [7, 11) is 0. The van der Waals surface area contributed by atoms with Crippen LogP contribution in [0.25, 0.3) is 0 Å². The van der Waals surface area contributed by atoms with Gasteiger partial charge in [-0.25, -0.2) is 0 Å². The van der Waals surface area contributed by atoms with E-state index < -0.39 is 0 Å². The van der Waals surface area contributed by atoms with E-state index in [0.717, 1.165) is 6.42 Å². The third kappa shape index (κ3) is 5.31. The fraction of sp³-hybridized carbons (Fsp3) is 0.769. The van der Waals surface area contributed by atoms with Gasteiger partial charge in [0.15, 0.2) is 0 Å². The third-order valence-corrected chi connectivity index (χ3v) is 2.86. The minimum Gasteiger partial charge on any atom is -0.465 e. The molecule has 3 heteroatoms. The lowest BCUT2D eigenvalue weighted by atomic mass is 9.80. The fourth-order valence-corrected chi connectivity index (χ4v) is 1.39. The summed E-state index contributed by atoms with van der Waals surface area (Å²) in [6.07, 6.45) is 5.38. The van der Waals surface area contributed by atoms with Gasteiger partial charge in [-0.1, -0.05) is 32.9 Å². The Balaban J connectivity index is 4.07. The highest BCUT2D eigenvalue weighted by Gasteiger charge is 2.29. The first-order chi connectivity index (χ1) is 7.45. The summed E-state index contributed by atoms with van der Waals surface area (Å²) in [5.74, 6) is -0.320. The van der Waals surface area contributed by atoms with Crippen molar-refractivity contribution in [2.24, 2.45) is 11.3 Å². The SMILES string of the molecule is CC=CC(C)(C)C(C)C(=O)OCCCCO. The zero-order valence-electron chi connectivity index (χ0n) is 10.8. The molecule has 0 fully saturated rings. The summed E-state index contributed by atoms with van der Waals surface area (Å²) in [5, 5.41) is 8.59. The molecular weight excluding hydrogens is 204 g/mol. The van der Waals surface area contributed by atoms with Gasteiger partial charge in [-0.15, -0.1) is 0 Å². The molecule has 3 nitrogen and oxygen atoms in total. The summed E-state index contributed by atoms with van der Waals surface area (Å²) in [5.41, 5.74) is -0.178. The van der Waals surface area contributed by atoms with Gasteiger partial charge in [0, 0.05) is 6.61 Å². The van der Waals surface area contributed by atoms with Crippen LogP contribution < -0.4 is 0 Å². The van der Waals surface area contributed by atoms with Gasteiger partial charge in [0.2, 0.25) is 0 Å². The predicted molar refractivity (Wildman–Crippen MR) is 65.0 cm³/mol. The van der Waals surface area contributed by atoms with Gasteiger partial charge in [-0.3, -0.25) is 4.79 Å². The first-order valence-corrected chi connectivity index (χ1v) is 5.87. The molecule has 0 bridgehead atoms. The number of unbranched alkanes of at least 4 members (excludes halogenated alkanes) is 1. The van der Waals surface area contributed by atoms with Gasteiger partial charge < -0.3 is 9.84 Å². The van der Waals surface area contributed by atoms with Crippen molar-refractivity contribution in [3.05, 3.63) is 12.2 Å². The summed E-state index contributed by atoms with van der Waals surface area (Å²) in [6, 6.07) is 0. The van der Waals surface area contributed by atoms with Crippen molar-refractivity contribution in [2.45, 2.75) is 40.5 Å². The molecule has 0 rings (SSSR count). The summed E-state index contributed by atoms with van der Waals surface area (Å²) in [4.78, 5) is 11.7. The zero-order valence-corrected chi connectivity index (χ0v) is 10.8. The van der Waals surface area contributed by atoms with Crippen LogP contribution >= 0.6 is 0 Å². The second-order valence-corrected chi connectivity index (χ2v) is 4.64. The molecule has 94 valence electrons. The zero-order chi connectivity index (χ0) is 12.6. The highest BCUT2D eigenvalue weighted by atomic mass is 16.5. The van der Waals surface area contributed by atoms with Gasteiger partial charge >= 0.3 is 5.97 Å². The van der Waals surface area contributed by atoms with Crippen LogP contribution in [0.3, 0.4) is 0 Å². The molecule has 0 aromatic rings. The van der Waals surface area contributed by atoms with Crippen LogP contribution in [0.15, 0.2) is 12.2 Å². The maximum Gasteiger partial charge on any atom is 0.309 e. The van der Waals surface area contributed by atoms with E-state index >= 15 is 0 Å². The molecule has 0 heterocycles. The van der Waals surface area contributed by atoms with Crippen LogP contribution in [0.5, 0.6) is 0 Å². The van der Waals surface area contributed by atoms with Gasteiger partial charge in [-0.05, 0) is 25.2 Å². The van der Waals surface area contributed by atoms with Crippen LogP contribution in [0.4, 0.5) is 0 Å². The van der Waals surface area contributed by atoms with Crippen LogP contribution in [0, 0.1) is 11.3 Å². The van der Waals surface area contributed by atoms with E-state index in [2.05, 4.69) is 0 Å². The standard InChI is InChI=1S/C13H24O3/c1-5-8-13(3,4)11(2)12(15)16-10-7-6-9-14/h5,8,11,14H,6-7,9-10H2,1-4H3. The maximum atomic E-state index is 11.7. The molecule has 16 heavy (non-hydrogen) atoms. The van der Waals surface area contributed by atoms with Crippen molar-refractivity contribution in [1.82, 2.24) is 0 Å². The number of ether oxygens (including phenoxy) is 1. The molecule has 0 radical (unpaired) electrons. The Morgan fingerprint density at radius 3 is 2.56 bits per heavy atom. The highest BCUT2D eigenvalue weighted by molar-refractivity contribution is 5.73. The summed E-state index contributed by atoms with van der Waals surface area (Å²) >= 11 is 0. The predicted octanol–water partition coefficient (Wildman–Crippen LogP) is 2.54. The largest absolute Gasteiger partial charge is 0.465 e. The Labute approximate surface area is 98.5 Å². The van der Waals surface area contributed by atoms with E-state index in [1.807, 2.05) is 39.8 Å². The van der Waals surface area contributed by atoms with Crippen LogP contribution in [-0.2, 0) is 9.53 Å². The Bertz CT molecular complexity index is 231. The first-order valence-electron chi connectivity index (χ1n) is 5.87. The molecule has 0 saturated carbocycles. The monoisotopic (exact) mass is 228 g/mol. The topological polar surface area (TPSA) is 46.5 Å². The molecule has 0 aliphatic rings. The minimum atomic E-state index is -0.178. The average Bonchev–Trinajstić information content (AvgIpc) is 2.23. The van der Waals surface area contributed by atoms with Crippen molar-refractivity contribution >= 4 is 5.97 Å². The lowest BCUT2D eigenvalue weighted by Gasteiger charge is -2.26. The molecule has 1 unspecified atom stereocenters. The van der Waals surface area contributed by atoms with E-state index in [0.29, 0.717) is 13.0 Å². The third-order valence-electron chi connectivity index (χ3n) is 2.86. The number of allylic oxidation sites excluding steroid dienone is 2. The van der Waals surface area contributed by atoms with Crippen molar-refractivity contribution in [3.8, 4) is 0 Å². The van der Waals surface area contributed by atoms with Crippen molar-refractivity contribution in [2.75, 3.05) is 13.2 Å². The Morgan fingerprint density at radius 2 is 2.06 bits per heavy atom. The molecule has 1 atom stereocenters. The fourth-order valence-electron chi connectivity index (χ4n) is 1.39. The number of rotatable bonds is 7. The quantitative estimate of drug-likeness (QED) is 0.414. The number of aliphatic hydroxyl groups excluding tert-OH is 1. The molecule has 0 aliphatic heterocycles. The van der Waals surface area contributed by atoms with Gasteiger partial charge in [0.05, 0.1) is 12.5 Å². The second kappa shape index (κ2) is 7.44. The van der Waals surface area contributed by atoms with E-state index in [4.69, 9.17) is 9.84 Å².